The first-order valence-electron chi connectivity index (χ1n) is 6.08. The van der Waals surface area contributed by atoms with E-state index in [1.54, 1.807) is 6.08 Å². The molecule has 1 aromatic carbocycles. The number of hydrogen-bond donors (Lipinski definition) is 0. The van der Waals surface area contributed by atoms with Gasteiger partial charge in [-0.1, -0.05) is 6.07 Å². The van der Waals surface area contributed by atoms with Crippen LogP contribution in [0.1, 0.15) is 18.9 Å². The summed E-state index contributed by atoms with van der Waals surface area (Å²) < 4.78 is 10.5. The van der Waals surface area contributed by atoms with Crippen molar-refractivity contribution in [3.05, 3.63) is 29.3 Å². The molecule has 2 aliphatic heterocycles. The van der Waals surface area contributed by atoms with E-state index in [0.717, 1.165) is 5.56 Å². The van der Waals surface area contributed by atoms with Crippen LogP contribution in [0.2, 0.25) is 0 Å². The quantitative estimate of drug-likeness (QED) is 0.718. The third-order valence-electron chi connectivity index (χ3n) is 3.24. The van der Waals surface area contributed by atoms with E-state index in [9.17, 15) is 9.59 Å². The van der Waals surface area contributed by atoms with Gasteiger partial charge in [0.2, 0.25) is 12.7 Å². The molecule has 1 aromatic rings. The van der Waals surface area contributed by atoms with Gasteiger partial charge in [-0.3, -0.25) is 14.5 Å². The predicted octanol–water partition coefficient (Wildman–Crippen LogP) is 1.58. The molecule has 2 amide bonds. The van der Waals surface area contributed by atoms with Gasteiger partial charge in [-0.15, -0.1) is 0 Å². The Labute approximate surface area is 110 Å². The molecule has 0 N–H and O–H groups in total. The van der Waals surface area contributed by atoms with Gasteiger partial charge in [-0.25, -0.2) is 0 Å². The average Bonchev–Trinajstić information content (AvgIpc) is 2.96. The minimum absolute atomic E-state index is 0.204. The summed E-state index contributed by atoms with van der Waals surface area (Å²) in [6.07, 6.45) is 2.39. The van der Waals surface area contributed by atoms with Gasteiger partial charge in [0.05, 0.1) is 0 Å². The monoisotopic (exact) mass is 259 g/mol. The molecule has 0 aliphatic carbocycles. The normalized spacial score (nSPS) is 19.3. The van der Waals surface area contributed by atoms with Crippen LogP contribution in [0, 0.1) is 0 Å². The van der Waals surface area contributed by atoms with Crippen LogP contribution in [-0.4, -0.2) is 30.1 Å². The third-order valence-corrected chi connectivity index (χ3v) is 3.24. The second kappa shape index (κ2) is 4.42. The molecule has 0 atom stereocenters. The number of amides is 2. The molecule has 2 heterocycles. The van der Waals surface area contributed by atoms with Crippen molar-refractivity contribution in [2.75, 3.05) is 13.3 Å². The molecular formula is C14H13NO4. The Morgan fingerprint density at radius 2 is 2.11 bits per heavy atom. The molecule has 19 heavy (non-hydrogen) atoms. The van der Waals surface area contributed by atoms with Crippen molar-refractivity contribution in [1.82, 2.24) is 4.90 Å². The van der Waals surface area contributed by atoms with E-state index in [0.29, 0.717) is 30.0 Å². The number of ether oxygens (including phenoxy) is 2. The van der Waals surface area contributed by atoms with Crippen LogP contribution in [-0.2, 0) is 9.59 Å². The molecule has 98 valence electrons. The van der Waals surface area contributed by atoms with Crippen LogP contribution in [0.15, 0.2) is 23.8 Å². The van der Waals surface area contributed by atoms with Crippen molar-refractivity contribution in [1.29, 1.82) is 0 Å². The summed E-state index contributed by atoms with van der Waals surface area (Å²) in [4.78, 5) is 24.5. The summed E-state index contributed by atoms with van der Waals surface area (Å²) >= 11 is 0. The lowest BCUT2D eigenvalue weighted by molar-refractivity contribution is -0.138. The smallest absolute Gasteiger partial charge is 0.256 e. The highest BCUT2D eigenvalue weighted by atomic mass is 16.7. The lowest BCUT2D eigenvalue weighted by atomic mass is 10.1. The standard InChI is InChI=1S/C14H13NO4/c1-9(16)15-5-4-11(14(15)17)6-10-2-3-12-13(7-10)19-8-18-12/h2-3,6-7H,4-5,8H2,1H3/b11-6-. The third kappa shape index (κ3) is 2.07. The number of carbonyl (C=O) groups excluding carboxylic acids is 2. The maximum absolute atomic E-state index is 12.0. The zero-order chi connectivity index (χ0) is 13.4. The highest BCUT2D eigenvalue weighted by Crippen LogP contribution is 2.33. The van der Waals surface area contributed by atoms with Crippen LogP contribution < -0.4 is 9.47 Å². The Kier molecular flexibility index (Phi) is 2.74. The highest BCUT2D eigenvalue weighted by Gasteiger charge is 2.28. The van der Waals surface area contributed by atoms with Gasteiger partial charge in [0.15, 0.2) is 11.5 Å². The van der Waals surface area contributed by atoms with E-state index in [-0.39, 0.29) is 18.6 Å². The summed E-state index contributed by atoms with van der Waals surface area (Å²) in [7, 11) is 0. The zero-order valence-electron chi connectivity index (χ0n) is 10.5. The average molecular weight is 259 g/mol. The fourth-order valence-corrected chi connectivity index (χ4v) is 2.25. The second-order valence-electron chi connectivity index (χ2n) is 4.51. The molecule has 0 bridgehead atoms. The van der Waals surface area contributed by atoms with Crippen LogP contribution in [0.25, 0.3) is 6.08 Å². The first kappa shape index (κ1) is 11.8. The molecule has 5 nitrogen and oxygen atoms in total. The van der Waals surface area contributed by atoms with Gasteiger partial charge >= 0.3 is 0 Å². The maximum Gasteiger partial charge on any atom is 0.256 e. The van der Waals surface area contributed by atoms with Crippen LogP contribution in [0.4, 0.5) is 0 Å². The van der Waals surface area contributed by atoms with Crippen LogP contribution in [0.5, 0.6) is 11.5 Å². The summed E-state index contributed by atoms with van der Waals surface area (Å²) in [5.41, 5.74) is 1.52. The minimum Gasteiger partial charge on any atom is -0.454 e. The number of hydrogen-bond acceptors (Lipinski definition) is 4. The molecule has 1 saturated heterocycles. The molecule has 0 aromatic heterocycles. The van der Waals surface area contributed by atoms with Gasteiger partial charge in [0.1, 0.15) is 0 Å². The van der Waals surface area contributed by atoms with Gasteiger partial charge < -0.3 is 9.47 Å². The van der Waals surface area contributed by atoms with Crippen molar-refractivity contribution in [3.8, 4) is 11.5 Å². The van der Waals surface area contributed by atoms with Gasteiger partial charge in [-0.05, 0) is 30.2 Å². The van der Waals surface area contributed by atoms with Crippen LogP contribution >= 0.6 is 0 Å². The topological polar surface area (TPSA) is 55.8 Å². The molecule has 5 heteroatoms. The molecule has 0 unspecified atom stereocenters. The Bertz CT molecular complexity index is 591. The largest absolute Gasteiger partial charge is 0.454 e. The number of nitrogens with zero attached hydrogens (tertiary/aromatic N) is 1. The SMILES string of the molecule is CC(=O)N1CC/C(=C/c2ccc3c(c2)OCO3)C1=O. The van der Waals surface area contributed by atoms with Crippen molar-refractivity contribution in [2.45, 2.75) is 13.3 Å². The van der Waals surface area contributed by atoms with E-state index in [2.05, 4.69) is 0 Å². The van der Waals surface area contributed by atoms with Crippen LogP contribution in [0.3, 0.4) is 0 Å². The first-order chi connectivity index (χ1) is 9.15. The van der Waals surface area contributed by atoms with E-state index < -0.39 is 0 Å². The second-order valence-corrected chi connectivity index (χ2v) is 4.51. The van der Waals surface area contributed by atoms with Gasteiger partial charge in [0, 0.05) is 19.0 Å². The summed E-state index contributed by atoms with van der Waals surface area (Å²) in [5, 5.41) is 0. The molecule has 2 aliphatic rings. The summed E-state index contributed by atoms with van der Waals surface area (Å²) in [6.45, 7) is 2.10. The molecule has 0 saturated carbocycles. The van der Waals surface area contributed by atoms with E-state index in [1.807, 2.05) is 18.2 Å². The highest BCUT2D eigenvalue weighted by molar-refractivity contribution is 6.08. The van der Waals surface area contributed by atoms with Gasteiger partial charge in [0.25, 0.3) is 5.91 Å². The van der Waals surface area contributed by atoms with E-state index >= 15 is 0 Å². The Morgan fingerprint density at radius 1 is 1.32 bits per heavy atom. The van der Waals surface area contributed by atoms with Crippen molar-refractivity contribution in [3.63, 3.8) is 0 Å². The zero-order valence-corrected chi connectivity index (χ0v) is 10.5. The predicted molar refractivity (Wildman–Crippen MR) is 67.6 cm³/mol. The minimum atomic E-state index is -0.209. The first-order valence-corrected chi connectivity index (χ1v) is 6.08. The molecule has 3 rings (SSSR count). The Hall–Kier alpha value is -2.30. The number of likely N-dealkylation sites (tertiary alicyclic amines) is 1. The van der Waals surface area contributed by atoms with E-state index in [4.69, 9.17) is 9.47 Å². The number of carbonyl (C=O) groups is 2. The number of fused-ring (bicyclic) bond motifs is 1. The van der Waals surface area contributed by atoms with Crippen molar-refractivity contribution < 1.29 is 19.1 Å². The number of rotatable bonds is 1. The fourth-order valence-electron chi connectivity index (χ4n) is 2.25. The number of imide groups is 1. The molecule has 0 spiro atoms. The Balaban J connectivity index is 1.86. The summed E-state index contributed by atoms with van der Waals surface area (Å²) in [6, 6.07) is 5.51. The molecule has 1 fully saturated rings. The van der Waals surface area contributed by atoms with Crippen molar-refractivity contribution >= 4 is 17.9 Å². The maximum atomic E-state index is 12.0. The molecular weight excluding hydrogens is 246 g/mol. The Morgan fingerprint density at radius 3 is 2.84 bits per heavy atom. The number of benzene rings is 1. The lowest BCUT2D eigenvalue weighted by Gasteiger charge is -2.08. The van der Waals surface area contributed by atoms with E-state index in [1.165, 1.54) is 11.8 Å². The summed E-state index contributed by atoms with van der Waals surface area (Å²) in [5.74, 6) is 0.984. The lowest BCUT2D eigenvalue weighted by Crippen LogP contribution is -2.29. The molecule has 0 radical (unpaired) electrons. The van der Waals surface area contributed by atoms with Crippen molar-refractivity contribution in [2.24, 2.45) is 0 Å². The van der Waals surface area contributed by atoms with Gasteiger partial charge in [-0.2, -0.15) is 0 Å². The fraction of sp³-hybridized carbons (Fsp3) is 0.286.